The number of ether oxygens (including phenoxy) is 1. The van der Waals surface area contributed by atoms with E-state index in [9.17, 15) is 0 Å². The van der Waals surface area contributed by atoms with Gasteiger partial charge in [-0.25, -0.2) is 4.52 Å². The smallest absolute Gasteiger partial charge is 0.222 e. The predicted molar refractivity (Wildman–Crippen MR) is 404 cm³/mol. The Hall–Kier alpha value is -7.08. The Balaban J connectivity index is 0.000000564. The van der Waals surface area contributed by atoms with Crippen molar-refractivity contribution in [3.63, 3.8) is 0 Å². The third-order valence-electron chi connectivity index (χ3n) is 15.8. The van der Waals surface area contributed by atoms with Crippen molar-refractivity contribution in [3.8, 4) is 0 Å². The van der Waals surface area contributed by atoms with Gasteiger partial charge < -0.3 is 40.8 Å². The number of aromatic nitrogens is 8. The summed E-state index contributed by atoms with van der Waals surface area (Å²) in [7, 11) is 3.54. The van der Waals surface area contributed by atoms with E-state index in [1.807, 2.05) is 73.0 Å². The third kappa shape index (κ3) is 29.9. The Morgan fingerprint density at radius 3 is 0.990 bits per heavy atom. The van der Waals surface area contributed by atoms with E-state index >= 15 is 0 Å². The lowest BCUT2D eigenvalue weighted by Crippen LogP contribution is -2.24. The molecule has 9 aromatic rings. The van der Waals surface area contributed by atoms with Crippen LogP contribution in [0.1, 0.15) is 340 Å². The number of aryl methyl sites for hydroxylation is 6. The summed E-state index contributed by atoms with van der Waals surface area (Å²) >= 11 is 0. The van der Waals surface area contributed by atoms with Gasteiger partial charge in [0.15, 0.2) is 13.3 Å². The molecule has 0 amide bonds. The second kappa shape index (κ2) is 37.2. The van der Waals surface area contributed by atoms with Crippen LogP contribution >= 0.6 is 0 Å². The summed E-state index contributed by atoms with van der Waals surface area (Å²) < 4.78 is 53.4. The van der Waals surface area contributed by atoms with Gasteiger partial charge >= 0.3 is 0 Å². The maximum atomic E-state index is 5.37. The second-order valence-corrected chi connectivity index (χ2v) is 35.6. The van der Waals surface area contributed by atoms with Gasteiger partial charge in [-0.05, 0) is 101 Å². The zero-order valence-electron chi connectivity index (χ0n) is 70.4. The summed E-state index contributed by atoms with van der Waals surface area (Å²) in [5.41, 5.74) is 16.3. The zero-order valence-corrected chi connectivity index (χ0v) is 70.4. The zero-order chi connectivity index (χ0) is 77.9. The lowest BCUT2D eigenvalue weighted by molar-refractivity contribution is -0.845. The van der Waals surface area contributed by atoms with Crippen molar-refractivity contribution in [2.45, 2.75) is 344 Å². The molecule has 0 aromatic carbocycles. The lowest BCUT2D eigenvalue weighted by atomic mass is 9.89. The first kappa shape index (κ1) is 90.9. The highest BCUT2D eigenvalue weighted by Gasteiger charge is 2.29. The molecule has 0 aliphatic heterocycles. The molecule has 0 N–H and O–H groups in total. The topological polar surface area (TPSA) is 222 Å². The van der Waals surface area contributed by atoms with E-state index in [2.05, 4.69) is 265 Å². The van der Waals surface area contributed by atoms with Gasteiger partial charge in [0.2, 0.25) is 6.20 Å². The maximum absolute atomic E-state index is 5.37. The van der Waals surface area contributed by atoms with Gasteiger partial charge in [-0.2, -0.15) is 0 Å². The van der Waals surface area contributed by atoms with Gasteiger partial charge in [-0.3, -0.25) is 0 Å². The van der Waals surface area contributed by atoms with E-state index in [4.69, 9.17) is 45.3 Å². The minimum absolute atomic E-state index is 0.0169. The largest absolute Gasteiger partial charge is 0.472 e. The second-order valence-electron chi connectivity index (χ2n) is 35.6. The Labute approximate surface area is 603 Å². The molecule has 0 bridgehead atoms. The molecular weight excluding hydrogens is 1260 g/mol. The highest BCUT2D eigenvalue weighted by molar-refractivity contribution is 5.30. The van der Waals surface area contributed by atoms with E-state index in [0.717, 1.165) is 98.6 Å². The molecule has 9 heterocycles. The Morgan fingerprint density at radius 2 is 0.780 bits per heavy atom. The van der Waals surface area contributed by atoms with E-state index in [-0.39, 0.29) is 48.7 Å². The van der Waals surface area contributed by atoms with Crippen LogP contribution in [-0.2, 0) is 80.0 Å². The highest BCUT2D eigenvalue weighted by Crippen LogP contribution is 2.33. The molecule has 0 saturated carbocycles. The number of rotatable bonds is 5. The van der Waals surface area contributed by atoms with Crippen LogP contribution < -0.4 is 4.74 Å². The van der Waals surface area contributed by atoms with Crippen LogP contribution in [-0.4, -0.2) is 43.2 Å². The van der Waals surface area contributed by atoms with Crippen molar-refractivity contribution >= 4 is 0 Å². The number of hydrogen-bond donors (Lipinski definition) is 0. The first-order valence-corrected chi connectivity index (χ1v) is 35.4. The number of furan rings is 1. The minimum Gasteiger partial charge on any atom is -0.472 e. The average molecular weight is 1400 g/mol. The van der Waals surface area contributed by atoms with Gasteiger partial charge in [-0.15, -0.1) is 0 Å². The van der Waals surface area contributed by atoms with Gasteiger partial charge in [0.25, 0.3) is 0 Å². The Kier molecular flexibility index (Phi) is 33.8. The molecule has 18 heteroatoms. The van der Waals surface area contributed by atoms with Crippen molar-refractivity contribution in [1.82, 2.24) is 36.1 Å². The molecular formula is C82H137N8O10+. The quantitative estimate of drug-likeness (QED) is 0.146. The van der Waals surface area contributed by atoms with Crippen LogP contribution in [0.2, 0.25) is 0 Å². The highest BCUT2D eigenvalue weighted by atomic mass is 16.5. The molecule has 0 unspecified atom stereocenters. The van der Waals surface area contributed by atoms with Gasteiger partial charge in [0, 0.05) is 85.0 Å². The van der Waals surface area contributed by atoms with Gasteiger partial charge in [0.05, 0.1) is 58.9 Å². The van der Waals surface area contributed by atoms with Crippen LogP contribution in [0.5, 0.6) is 0 Å². The van der Waals surface area contributed by atoms with E-state index < -0.39 is 0 Å². The summed E-state index contributed by atoms with van der Waals surface area (Å²) in [5, 5.41) is 27.7. The predicted octanol–water partition coefficient (Wildman–Crippen LogP) is 22.6. The molecule has 0 spiro atoms. The number of methoxy groups -OCH3 is 1. The van der Waals surface area contributed by atoms with E-state index in [1.165, 1.54) is 33.4 Å². The molecule has 18 nitrogen and oxygen atoms in total. The molecule has 0 saturated heterocycles. The standard InChI is InChI=1S/C11H19NO.C10H17NO2.C10H17NO.3C9H15NO.C8H14NO.C8H13NO.C8H12O/c1-7(2)9-8(3)10(13-12-9)11(4,5)6;1-7-8(6-12-5)11-13-9(7)10(2,3)4;1-6-8-7(2)9(12-11-8)10(3,4)5;2*1-6-7(2)10-11-8(6)9(3,4)5;1-5-7-6-8(11-10-7)9(2,3)4;1-8(2,3)7-5-9(4)10-6-7;1-6-5-7(10-9-6)8(2,3)4;1-8(2,3)7-4-5-9-6-7/h7H,1-6H3;6H2,1-5H3;6H2,1-5H3;2*1-5H3;6H,5H2,1-4H3;5-6H,1-4H3;5H,1-4H3;4-6H,1-3H3/q;;;;;;+1;;. The lowest BCUT2D eigenvalue weighted by Gasteiger charge is -2.14. The van der Waals surface area contributed by atoms with Crippen molar-refractivity contribution in [2.75, 3.05) is 7.11 Å². The average Bonchev–Trinajstić information content (AvgIpc) is 1.68. The van der Waals surface area contributed by atoms with Crippen LogP contribution in [0.25, 0.3) is 0 Å². The first-order chi connectivity index (χ1) is 45.3. The molecule has 9 rings (SSSR count). The molecule has 0 radical (unpaired) electrons. The summed E-state index contributed by atoms with van der Waals surface area (Å²) in [4.78, 5) is 0. The molecule has 9 aromatic heterocycles. The van der Waals surface area contributed by atoms with Crippen molar-refractivity contribution in [3.05, 3.63) is 162 Å². The normalized spacial score (nSPS) is 12.1. The van der Waals surface area contributed by atoms with Crippen molar-refractivity contribution in [2.24, 2.45) is 7.05 Å². The third-order valence-corrected chi connectivity index (χ3v) is 15.8. The van der Waals surface area contributed by atoms with E-state index in [0.29, 0.717) is 12.5 Å². The van der Waals surface area contributed by atoms with Crippen LogP contribution in [0, 0.1) is 55.4 Å². The molecule has 0 fully saturated rings. The summed E-state index contributed by atoms with van der Waals surface area (Å²) in [6.07, 6.45) is 9.19. The minimum atomic E-state index is 0.0169. The van der Waals surface area contributed by atoms with Crippen molar-refractivity contribution in [1.29, 1.82) is 0 Å². The van der Waals surface area contributed by atoms with Crippen LogP contribution in [0.3, 0.4) is 0 Å². The van der Waals surface area contributed by atoms with Crippen molar-refractivity contribution < 1.29 is 50.1 Å². The number of nitrogens with zero attached hydrogens (tertiary/aromatic N) is 8. The summed E-state index contributed by atoms with van der Waals surface area (Å²) in [5.74, 6) is 7.32. The molecule has 0 aliphatic carbocycles. The monoisotopic (exact) mass is 1390 g/mol. The fourth-order valence-corrected chi connectivity index (χ4v) is 9.56. The van der Waals surface area contributed by atoms with E-state index in [1.54, 1.807) is 30.6 Å². The van der Waals surface area contributed by atoms with Gasteiger partial charge in [-0.1, -0.05) is 251 Å². The van der Waals surface area contributed by atoms with Crippen LogP contribution in [0.15, 0.2) is 83.8 Å². The fourth-order valence-electron chi connectivity index (χ4n) is 9.56. The molecule has 0 atom stereocenters. The summed E-state index contributed by atoms with van der Waals surface area (Å²) in [6.45, 7) is 82.7. The molecule has 0 aliphatic rings. The fraction of sp³-hybridized carbons (Fsp3) is 0.659. The molecule has 564 valence electrons. The maximum Gasteiger partial charge on any atom is 0.222 e. The summed E-state index contributed by atoms with van der Waals surface area (Å²) in [6, 6.07) is 6.00. The molecule has 100 heavy (non-hydrogen) atoms. The van der Waals surface area contributed by atoms with Crippen LogP contribution in [0.4, 0.5) is 0 Å². The first-order valence-electron chi connectivity index (χ1n) is 35.4. The Bertz CT molecular complexity index is 3640. The van der Waals surface area contributed by atoms with Gasteiger partial charge in [0.1, 0.15) is 46.0 Å². The SMILES string of the molecule is CC(C)(C)c1ccoc1.CCc1cc(C(C)(C)C)on1.CCc1noc(C(C)(C)C)c1C.COCc1noc(C(C)(C)C)c1C.C[n+]1cc(C(C)(C)C)co1.Cc1c(C(C)C)noc1C(C)(C)C.Cc1cc(C(C)(C)C)on1.Cc1noc(C(C)(C)C)c1C.Cc1noc(C(C)(C)C)c1C. The Morgan fingerprint density at radius 1 is 0.400 bits per heavy atom. The number of hydrogen-bond acceptors (Lipinski definition) is 17.